The van der Waals surface area contributed by atoms with Gasteiger partial charge < -0.3 is 15.0 Å². The second kappa shape index (κ2) is 5.95. The van der Waals surface area contributed by atoms with E-state index in [9.17, 15) is 4.79 Å². The normalized spacial score (nSPS) is 19.0. The Balaban J connectivity index is 1.86. The number of halogens is 1. The third-order valence-electron chi connectivity index (χ3n) is 2.85. The van der Waals surface area contributed by atoms with E-state index >= 15 is 0 Å². The van der Waals surface area contributed by atoms with Gasteiger partial charge in [-0.3, -0.25) is 0 Å². The predicted molar refractivity (Wildman–Crippen MR) is 79.7 cm³/mol. The molecule has 1 amide bonds. The number of carbonyl (C=O) groups excluding carboxylic acids is 1. The first kappa shape index (κ1) is 15.0. The van der Waals surface area contributed by atoms with Gasteiger partial charge in [-0.05, 0) is 55.3 Å². The number of anilines is 1. The Bertz CT molecular complexity index is 472. The second-order valence-electron chi connectivity index (χ2n) is 5.79. The van der Waals surface area contributed by atoms with Gasteiger partial charge in [0, 0.05) is 13.1 Å². The van der Waals surface area contributed by atoms with E-state index in [4.69, 9.17) is 4.74 Å². The zero-order chi connectivity index (χ0) is 14.8. The lowest BCUT2D eigenvalue weighted by Gasteiger charge is -2.22. The van der Waals surface area contributed by atoms with E-state index in [0.717, 1.165) is 25.3 Å². The largest absolute Gasteiger partial charge is 0.444 e. The average molecular weight is 343 g/mol. The number of alkyl carbamates (subject to hydrolysis) is 1. The van der Waals surface area contributed by atoms with Crippen LogP contribution in [0.15, 0.2) is 16.7 Å². The van der Waals surface area contributed by atoms with Crippen LogP contribution in [0.3, 0.4) is 0 Å². The van der Waals surface area contributed by atoms with Gasteiger partial charge in [0.15, 0.2) is 5.82 Å². The fraction of sp³-hybridized carbons (Fsp3) is 0.615. The summed E-state index contributed by atoms with van der Waals surface area (Å²) in [6, 6.07) is 3.85. The van der Waals surface area contributed by atoms with Gasteiger partial charge in [-0.15, -0.1) is 10.2 Å². The van der Waals surface area contributed by atoms with Gasteiger partial charge in [0.05, 0.1) is 6.04 Å². The molecule has 2 rings (SSSR count). The van der Waals surface area contributed by atoms with Crippen LogP contribution in [0.4, 0.5) is 10.6 Å². The third kappa shape index (κ3) is 4.33. The van der Waals surface area contributed by atoms with Crippen molar-refractivity contribution in [2.24, 2.45) is 0 Å². The standard InChI is InChI=1S/C13H19BrN4O2/c1-13(2,3)20-12(19)15-9-6-7-18(8-9)11-5-4-10(14)16-17-11/h4-5,9H,6-8H2,1-3H3,(H,15,19)/t9-/m1/s1. The molecular formula is C13H19BrN4O2. The minimum atomic E-state index is -0.473. The van der Waals surface area contributed by atoms with Crippen LogP contribution in [0.5, 0.6) is 0 Å². The smallest absolute Gasteiger partial charge is 0.407 e. The van der Waals surface area contributed by atoms with Crippen molar-refractivity contribution < 1.29 is 9.53 Å². The maximum absolute atomic E-state index is 11.7. The van der Waals surface area contributed by atoms with E-state index in [1.54, 1.807) is 0 Å². The molecule has 1 aromatic rings. The number of nitrogens with zero attached hydrogens (tertiary/aromatic N) is 3. The molecule has 0 aliphatic carbocycles. The minimum absolute atomic E-state index is 0.0790. The number of ether oxygens (including phenoxy) is 1. The van der Waals surface area contributed by atoms with Crippen LogP contribution in [0, 0.1) is 0 Å². The number of nitrogens with one attached hydrogen (secondary N) is 1. The first-order valence-electron chi connectivity index (χ1n) is 6.57. The summed E-state index contributed by atoms with van der Waals surface area (Å²) >= 11 is 3.26. The van der Waals surface area contributed by atoms with Crippen molar-refractivity contribution in [1.29, 1.82) is 0 Å². The number of rotatable bonds is 2. The van der Waals surface area contributed by atoms with Crippen molar-refractivity contribution in [3.63, 3.8) is 0 Å². The van der Waals surface area contributed by atoms with E-state index in [2.05, 4.69) is 36.3 Å². The summed E-state index contributed by atoms with van der Waals surface area (Å²) in [4.78, 5) is 13.8. The highest BCUT2D eigenvalue weighted by atomic mass is 79.9. The molecule has 6 nitrogen and oxygen atoms in total. The summed E-state index contributed by atoms with van der Waals surface area (Å²) in [7, 11) is 0. The Kier molecular flexibility index (Phi) is 4.47. The van der Waals surface area contributed by atoms with Crippen molar-refractivity contribution in [1.82, 2.24) is 15.5 Å². The van der Waals surface area contributed by atoms with Crippen LogP contribution < -0.4 is 10.2 Å². The van der Waals surface area contributed by atoms with Crippen LogP contribution in [-0.4, -0.2) is 41.0 Å². The van der Waals surface area contributed by atoms with Crippen molar-refractivity contribution >= 4 is 27.8 Å². The highest BCUT2D eigenvalue weighted by Crippen LogP contribution is 2.18. The Labute approximate surface area is 127 Å². The summed E-state index contributed by atoms with van der Waals surface area (Å²) < 4.78 is 5.97. The van der Waals surface area contributed by atoms with Crippen molar-refractivity contribution in [3.05, 3.63) is 16.7 Å². The van der Waals surface area contributed by atoms with Crippen LogP contribution in [0.25, 0.3) is 0 Å². The van der Waals surface area contributed by atoms with E-state index in [0.29, 0.717) is 4.60 Å². The van der Waals surface area contributed by atoms with E-state index < -0.39 is 5.60 Å². The molecule has 1 aliphatic rings. The number of hydrogen-bond donors (Lipinski definition) is 1. The quantitative estimate of drug-likeness (QED) is 0.893. The molecular weight excluding hydrogens is 324 g/mol. The predicted octanol–water partition coefficient (Wildman–Crippen LogP) is 2.34. The molecule has 1 aromatic heterocycles. The molecule has 0 aromatic carbocycles. The lowest BCUT2D eigenvalue weighted by molar-refractivity contribution is 0.0509. The number of amides is 1. The van der Waals surface area contributed by atoms with Crippen LogP contribution in [0.2, 0.25) is 0 Å². The van der Waals surface area contributed by atoms with Crippen molar-refractivity contribution in [3.8, 4) is 0 Å². The van der Waals surface area contributed by atoms with Gasteiger partial charge in [0.25, 0.3) is 0 Å². The fourth-order valence-corrected chi connectivity index (χ4v) is 2.25. The van der Waals surface area contributed by atoms with Gasteiger partial charge in [0.2, 0.25) is 0 Å². The lowest BCUT2D eigenvalue weighted by atomic mass is 10.2. The maximum Gasteiger partial charge on any atom is 0.407 e. The first-order chi connectivity index (χ1) is 9.33. The summed E-state index contributed by atoms with van der Waals surface area (Å²) in [6.45, 7) is 7.12. The zero-order valence-electron chi connectivity index (χ0n) is 11.9. The molecule has 1 N–H and O–H groups in total. The molecule has 1 atom stereocenters. The highest BCUT2D eigenvalue weighted by Gasteiger charge is 2.26. The lowest BCUT2D eigenvalue weighted by Crippen LogP contribution is -2.40. The number of carbonyl (C=O) groups is 1. The molecule has 110 valence electrons. The molecule has 0 unspecified atom stereocenters. The van der Waals surface area contributed by atoms with E-state index in [1.807, 2.05) is 32.9 Å². The Morgan fingerprint density at radius 1 is 1.45 bits per heavy atom. The summed E-state index contributed by atoms with van der Waals surface area (Å²) in [5.41, 5.74) is -0.473. The van der Waals surface area contributed by atoms with Gasteiger partial charge in [-0.1, -0.05) is 0 Å². The van der Waals surface area contributed by atoms with Crippen LogP contribution in [0.1, 0.15) is 27.2 Å². The fourth-order valence-electron chi connectivity index (χ4n) is 2.04. The molecule has 0 saturated carbocycles. The number of aromatic nitrogens is 2. The second-order valence-corrected chi connectivity index (χ2v) is 6.60. The summed E-state index contributed by atoms with van der Waals surface area (Å²) in [6.07, 6.45) is 0.503. The topological polar surface area (TPSA) is 67.3 Å². The molecule has 0 bridgehead atoms. The van der Waals surface area contributed by atoms with Crippen molar-refractivity contribution in [2.75, 3.05) is 18.0 Å². The molecule has 0 radical (unpaired) electrons. The first-order valence-corrected chi connectivity index (χ1v) is 7.36. The SMILES string of the molecule is CC(C)(C)OC(=O)N[C@@H]1CCN(c2ccc(Br)nn2)C1. The highest BCUT2D eigenvalue weighted by molar-refractivity contribution is 9.10. The van der Waals surface area contributed by atoms with E-state index in [1.165, 1.54) is 0 Å². The molecule has 1 fully saturated rings. The van der Waals surface area contributed by atoms with Gasteiger partial charge in [-0.2, -0.15) is 0 Å². The Morgan fingerprint density at radius 2 is 2.20 bits per heavy atom. The maximum atomic E-state index is 11.7. The molecule has 1 aliphatic heterocycles. The Hall–Kier alpha value is -1.37. The molecule has 1 saturated heterocycles. The molecule has 0 spiro atoms. The monoisotopic (exact) mass is 342 g/mol. The minimum Gasteiger partial charge on any atom is -0.444 e. The van der Waals surface area contributed by atoms with Crippen LogP contribution >= 0.6 is 15.9 Å². The van der Waals surface area contributed by atoms with Gasteiger partial charge in [0.1, 0.15) is 10.2 Å². The zero-order valence-corrected chi connectivity index (χ0v) is 13.5. The van der Waals surface area contributed by atoms with Gasteiger partial charge >= 0.3 is 6.09 Å². The Morgan fingerprint density at radius 3 is 2.80 bits per heavy atom. The van der Waals surface area contributed by atoms with Crippen molar-refractivity contribution in [2.45, 2.75) is 38.8 Å². The summed E-state index contributed by atoms with van der Waals surface area (Å²) in [5, 5.41) is 11.0. The van der Waals surface area contributed by atoms with E-state index in [-0.39, 0.29) is 12.1 Å². The molecule has 7 heteroatoms. The van der Waals surface area contributed by atoms with Crippen LogP contribution in [-0.2, 0) is 4.74 Å². The third-order valence-corrected chi connectivity index (χ3v) is 3.27. The molecule has 20 heavy (non-hydrogen) atoms. The molecule has 2 heterocycles. The number of hydrogen-bond acceptors (Lipinski definition) is 5. The van der Waals surface area contributed by atoms with Gasteiger partial charge in [-0.25, -0.2) is 4.79 Å². The average Bonchev–Trinajstić information content (AvgIpc) is 2.75. The summed E-state index contributed by atoms with van der Waals surface area (Å²) in [5.74, 6) is 0.821.